The summed E-state index contributed by atoms with van der Waals surface area (Å²) in [7, 11) is 0. The van der Waals surface area contributed by atoms with Crippen molar-refractivity contribution in [1.82, 2.24) is 0 Å². The van der Waals surface area contributed by atoms with Gasteiger partial charge in [0.1, 0.15) is 5.92 Å². The number of Topliss-reactive ketones (excluding diaryl/α,β-unsaturated/α-hetero) is 1. The monoisotopic (exact) mass is 251 g/mol. The molecular weight excluding hydrogens is 238 g/mol. The zero-order chi connectivity index (χ0) is 13.4. The summed E-state index contributed by atoms with van der Waals surface area (Å²) in [6.07, 6.45) is 0. The lowest BCUT2D eigenvalue weighted by molar-refractivity contribution is -0.116. The van der Waals surface area contributed by atoms with Crippen LogP contribution in [0.5, 0.6) is 0 Å². The molecule has 0 unspecified atom stereocenters. The Labute approximate surface area is 111 Å². The molecule has 0 aromatic heterocycles. The van der Waals surface area contributed by atoms with E-state index in [4.69, 9.17) is 0 Å². The predicted octanol–water partition coefficient (Wildman–Crippen LogP) is 2.91. The van der Waals surface area contributed by atoms with Crippen LogP contribution in [0, 0.1) is 6.92 Å². The molecule has 1 heterocycles. The molecule has 3 nitrogen and oxygen atoms in total. The Kier molecular flexibility index (Phi) is 2.67. The molecule has 0 fully saturated rings. The van der Waals surface area contributed by atoms with Crippen molar-refractivity contribution in [3.63, 3.8) is 0 Å². The molecule has 0 saturated heterocycles. The van der Waals surface area contributed by atoms with Crippen molar-refractivity contribution in [2.24, 2.45) is 0 Å². The number of para-hydroxylation sites is 1. The number of carbonyl (C=O) groups is 2. The lowest BCUT2D eigenvalue weighted by Gasteiger charge is -2.24. The molecule has 0 aliphatic carbocycles. The van der Waals surface area contributed by atoms with Gasteiger partial charge in [-0.05, 0) is 24.1 Å². The van der Waals surface area contributed by atoms with Gasteiger partial charge in [-0.25, -0.2) is 0 Å². The first kappa shape index (κ1) is 11.7. The summed E-state index contributed by atoms with van der Waals surface area (Å²) in [4.78, 5) is 24.7. The Bertz CT molecular complexity index is 662. The van der Waals surface area contributed by atoms with Gasteiger partial charge < -0.3 is 5.32 Å². The van der Waals surface area contributed by atoms with Crippen LogP contribution in [0.25, 0.3) is 0 Å². The molecule has 2 aromatic rings. The molecule has 1 aliphatic rings. The minimum Gasteiger partial charge on any atom is -0.324 e. The number of rotatable bonds is 1. The van der Waals surface area contributed by atoms with Gasteiger partial charge in [-0.15, -0.1) is 0 Å². The zero-order valence-corrected chi connectivity index (χ0v) is 10.5. The molecular formula is C16H13NO2. The maximum Gasteiger partial charge on any atom is 0.239 e. The topological polar surface area (TPSA) is 46.2 Å². The molecule has 19 heavy (non-hydrogen) atoms. The van der Waals surface area contributed by atoms with Crippen molar-refractivity contribution in [3.05, 3.63) is 65.2 Å². The van der Waals surface area contributed by atoms with Crippen LogP contribution < -0.4 is 5.32 Å². The van der Waals surface area contributed by atoms with E-state index in [0.29, 0.717) is 11.3 Å². The van der Waals surface area contributed by atoms with Crippen molar-refractivity contribution in [1.29, 1.82) is 0 Å². The van der Waals surface area contributed by atoms with Crippen molar-refractivity contribution in [2.45, 2.75) is 12.8 Å². The van der Waals surface area contributed by atoms with Gasteiger partial charge in [0.25, 0.3) is 0 Å². The van der Waals surface area contributed by atoms with Gasteiger partial charge in [-0.3, -0.25) is 9.59 Å². The Morgan fingerprint density at radius 3 is 2.42 bits per heavy atom. The highest BCUT2D eigenvalue weighted by atomic mass is 16.2. The summed E-state index contributed by atoms with van der Waals surface area (Å²) in [6, 6.07) is 14.6. The molecule has 1 amide bonds. The second kappa shape index (κ2) is 4.35. The van der Waals surface area contributed by atoms with Crippen molar-refractivity contribution >= 4 is 17.4 Å². The molecule has 2 aromatic carbocycles. The van der Waals surface area contributed by atoms with Crippen LogP contribution >= 0.6 is 0 Å². The van der Waals surface area contributed by atoms with Gasteiger partial charge in [0, 0.05) is 5.56 Å². The largest absolute Gasteiger partial charge is 0.324 e. The highest BCUT2D eigenvalue weighted by molar-refractivity contribution is 6.24. The number of fused-ring (bicyclic) bond motifs is 1. The molecule has 0 radical (unpaired) electrons. The fourth-order valence-corrected chi connectivity index (χ4v) is 2.46. The average Bonchev–Trinajstić information content (AvgIpc) is 2.41. The fourth-order valence-electron chi connectivity index (χ4n) is 2.46. The summed E-state index contributed by atoms with van der Waals surface area (Å²) in [6.45, 7) is 1.88. The Morgan fingerprint density at radius 2 is 1.68 bits per heavy atom. The van der Waals surface area contributed by atoms with E-state index in [1.807, 2.05) is 49.4 Å². The molecule has 0 spiro atoms. The fraction of sp³-hybridized carbons (Fsp3) is 0.125. The van der Waals surface area contributed by atoms with Crippen LogP contribution in [-0.4, -0.2) is 11.7 Å². The molecule has 3 heteroatoms. The average molecular weight is 251 g/mol. The number of benzene rings is 2. The third kappa shape index (κ3) is 1.83. The lowest BCUT2D eigenvalue weighted by atomic mass is 9.85. The molecule has 0 bridgehead atoms. The SMILES string of the molecule is Cc1cccc2c1NC(=O)[C@@H](c1ccccc1)C2=O. The molecule has 3 rings (SSSR count). The van der Waals surface area contributed by atoms with Crippen molar-refractivity contribution in [3.8, 4) is 0 Å². The van der Waals surface area contributed by atoms with E-state index in [2.05, 4.69) is 5.32 Å². The number of hydrogen-bond acceptors (Lipinski definition) is 2. The first-order chi connectivity index (χ1) is 9.18. The van der Waals surface area contributed by atoms with Crippen LogP contribution in [-0.2, 0) is 4.79 Å². The molecule has 0 saturated carbocycles. The summed E-state index contributed by atoms with van der Waals surface area (Å²) >= 11 is 0. The quantitative estimate of drug-likeness (QED) is 0.792. The molecule has 1 atom stereocenters. The summed E-state index contributed by atoms with van der Waals surface area (Å²) in [5, 5.41) is 2.85. The third-order valence-corrected chi connectivity index (χ3v) is 3.44. The first-order valence-corrected chi connectivity index (χ1v) is 6.18. The standard InChI is InChI=1S/C16H13NO2/c1-10-6-5-9-12-14(10)17-16(19)13(15(12)18)11-7-3-2-4-8-11/h2-9,13H,1H3,(H,17,19)/t13-/m0/s1. The second-order valence-electron chi connectivity index (χ2n) is 4.69. The second-order valence-corrected chi connectivity index (χ2v) is 4.69. The van der Waals surface area contributed by atoms with E-state index in [0.717, 1.165) is 11.1 Å². The Morgan fingerprint density at radius 1 is 0.947 bits per heavy atom. The number of nitrogens with one attached hydrogen (secondary N) is 1. The molecule has 1 N–H and O–H groups in total. The molecule has 94 valence electrons. The van der Waals surface area contributed by atoms with E-state index in [1.165, 1.54) is 0 Å². The highest BCUT2D eigenvalue weighted by Gasteiger charge is 2.35. The smallest absolute Gasteiger partial charge is 0.239 e. The highest BCUT2D eigenvalue weighted by Crippen LogP contribution is 2.33. The molecule has 1 aliphatic heterocycles. The van der Waals surface area contributed by atoms with Crippen LogP contribution in [0.15, 0.2) is 48.5 Å². The van der Waals surface area contributed by atoms with Gasteiger partial charge in [0.2, 0.25) is 5.91 Å². The van der Waals surface area contributed by atoms with Gasteiger partial charge >= 0.3 is 0 Å². The zero-order valence-electron chi connectivity index (χ0n) is 10.5. The van der Waals surface area contributed by atoms with Gasteiger partial charge in [0.05, 0.1) is 5.69 Å². The van der Waals surface area contributed by atoms with E-state index in [-0.39, 0.29) is 11.7 Å². The Balaban J connectivity index is 2.12. The maximum atomic E-state index is 12.5. The predicted molar refractivity (Wildman–Crippen MR) is 73.3 cm³/mol. The number of hydrogen-bond donors (Lipinski definition) is 1. The van der Waals surface area contributed by atoms with E-state index >= 15 is 0 Å². The van der Waals surface area contributed by atoms with E-state index in [9.17, 15) is 9.59 Å². The minimum absolute atomic E-state index is 0.131. The first-order valence-electron chi connectivity index (χ1n) is 6.18. The van der Waals surface area contributed by atoms with Crippen LogP contribution in [0.1, 0.15) is 27.4 Å². The summed E-state index contributed by atoms with van der Waals surface area (Å²) in [5.74, 6) is -1.12. The number of aryl methyl sites for hydroxylation is 1. The maximum absolute atomic E-state index is 12.5. The number of amides is 1. The summed E-state index contributed by atoms with van der Waals surface area (Å²) in [5.41, 5.74) is 2.88. The van der Waals surface area contributed by atoms with Crippen molar-refractivity contribution in [2.75, 3.05) is 5.32 Å². The summed E-state index contributed by atoms with van der Waals surface area (Å²) < 4.78 is 0. The number of ketones is 1. The van der Waals surface area contributed by atoms with Crippen LogP contribution in [0.4, 0.5) is 5.69 Å². The van der Waals surface area contributed by atoms with E-state index in [1.54, 1.807) is 6.07 Å². The normalized spacial score (nSPS) is 17.8. The number of anilines is 1. The lowest BCUT2D eigenvalue weighted by Crippen LogP contribution is -2.33. The van der Waals surface area contributed by atoms with Crippen LogP contribution in [0.2, 0.25) is 0 Å². The minimum atomic E-state index is -0.740. The Hall–Kier alpha value is -2.42. The van der Waals surface area contributed by atoms with Crippen molar-refractivity contribution < 1.29 is 9.59 Å². The number of carbonyl (C=O) groups excluding carboxylic acids is 2. The van der Waals surface area contributed by atoms with Gasteiger partial charge in [-0.2, -0.15) is 0 Å². The van der Waals surface area contributed by atoms with Gasteiger partial charge in [0.15, 0.2) is 5.78 Å². The van der Waals surface area contributed by atoms with Crippen LogP contribution in [0.3, 0.4) is 0 Å². The van der Waals surface area contributed by atoms with E-state index < -0.39 is 5.92 Å². The van der Waals surface area contributed by atoms with Gasteiger partial charge in [-0.1, -0.05) is 42.5 Å². The third-order valence-electron chi connectivity index (χ3n) is 3.44.